The molecule has 0 aliphatic rings. The first-order valence-electron chi connectivity index (χ1n) is 5.76. The van der Waals surface area contributed by atoms with Gasteiger partial charge in [-0.25, -0.2) is 0 Å². The fraction of sp³-hybridized carbons (Fsp3) is 0.500. The lowest BCUT2D eigenvalue weighted by atomic mass is 10.00. The van der Waals surface area contributed by atoms with E-state index >= 15 is 0 Å². The molecule has 2 rings (SSSR count). The van der Waals surface area contributed by atoms with Crippen molar-refractivity contribution in [1.29, 1.82) is 0 Å². The third-order valence-corrected chi connectivity index (χ3v) is 2.76. The van der Waals surface area contributed by atoms with Crippen molar-refractivity contribution in [2.45, 2.75) is 33.4 Å². The van der Waals surface area contributed by atoms with Crippen LogP contribution in [0.4, 0.5) is 0 Å². The van der Waals surface area contributed by atoms with Crippen LogP contribution in [0.2, 0.25) is 0 Å². The van der Waals surface area contributed by atoms with E-state index in [4.69, 9.17) is 10.3 Å². The zero-order valence-corrected chi connectivity index (χ0v) is 10.4. The molecule has 0 bridgehead atoms. The first-order valence-corrected chi connectivity index (χ1v) is 5.76. The fourth-order valence-electron chi connectivity index (χ4n) is 1.70. The van der Waals surface area contributed by atoms with E-state index in [2.05, 4.69) is 24.0 Å². The van der Waals surface area contributed by atoms with Gasteiger partial charge in [0.1, 0.15) is 6.54 Å². The molecule has 92 valence electrons. The van der Waals surface area contributed by atoms with Crippen molar-refractivity contribution in [3.63, 3.8) is 0 Å². The van der Waals surface area contributed by atoms with Crippen LogP contribution in [0.1, 0.15) is 37.2 Å². The Morgan fingerprint density at radius 1 is 1.47 bits per heavy atom. The van der Waals surface area contributed by atoms with Crippen molar-refractivity contribution in [1.82, 2.24) is 14.7 Å². The molecule has 5 heteroatoms. The molecule has 0 aliphatic heterocycles. The molecule has 5 nitrogen and oxygen atoms in total. The molecule has 0 amide bonds. The fourth-order valence-corrected chi connectivity index (χ4v) is 1.70. The van der Waals surface area contributed by atoms with Gasteiger partial charge in [-0.2, -0.15) is 4.98 Å². The van der Waals surface area contributed by atoms with Crippen LogP contribution in [0.5, 0.6) is 0 Å². The average molecular weight is 234 g/mol. The van der Waals surface area contributed by atoms with Gasteiger partial charge >= 0.3 is 0 Å². The number of aryl methyl sites for hydroxylation is 1. The lowest BCUT2D eigenvalue weighted by Crippen LogP contribution is -2.15. The summed E-state index contributed by atoms with van der Waals surface area (Å²) in [7, 11) is 0. The van der Waals surface area contributed by atoms with E-state index in [1.54, 1.807) is 0 Å². The predicted molar refractivity (Wildman–Crippen MR) is 64.3 cm³/mol. The summed E-state index contributed by atoms with van der Waals surface area (Å²) in [6.45, 7) is 6.63. The molecule has 0 saturated carbocycles. The van der Waals surface area contributed by atoms with Crippen LogP contribution in [-0.4, -0.2) is 14.7 Å². The molecular formula is C12H18N4O. The number of hydrogen-bond acceptors (Lipinski definition) is 4. The van der Waals surface area contributed by atoms with Crippen molar-refractivity contribution < 1.29 is 4.52 Å². The van der Waals surface area contributed by atoms with Gasteiger partial charge in [-0.3, -0.25) is 0 Å². The van der Waals surface area contributed by atoms with E-state index < -0.39 is 0 Å². The van der Waals surface area contributed by atoms with Crippen molar-refractivity contribution in [3.05, 3.63) is 35.7 Å². The summed E-state index contributed by atoms with van der Waals surface area (Å²) in [4.78, 5) is 4.17. The molecule has 2 aromatic rings. The standard InChI is InChI=1S/C12H18N4O/c1-8(2)12(13)10-4-5-16(6-10)7-11-14-9(3)15-17-11/h4-6,8,12H,7,13H2,1-3H3. The quantitative estimate of drug-likeness (QED) is 0.877. The normalized spacial score (nSPS) is 13.2. The highest BCUT2D eigenvalue weighted by atomic mass is 16.5. The van der Waals surface area contributed by atoms with Gasteiger partial charge in [0.2, 0.25) is 5.89 Å². The Labute approximate surface area is 101 Å². The molecule has 1 atom stereocenters. The molecule has 0 radical (unpaired) electrons. The average Bonchev–Trinajstić information content (AvgIpc) is 2.87. The first-order chi connectivity index (χ1) is 8.06. The van der Waals surface area contributed by atoms with Crippen LogP contribution in [0.15, 0.2) is 23.0 Å². The van der Waals surface area contributed by atoms with Crippen LogP contribution in [0.3, 0.4) is 0 Å². The minimum absolute atomic E-state index is 0.0701. The summed E-state index contributed by atoms with van der Waals surface area (Å²) < 4.78 is 7.08. The summed E-state index contributed by atoms with van der Waals surface area (Å²) in [5.41, 5.74) is 7.22. The van der Waals surface area contributed by atoms with Crippen molar-refractivity contribution in [2.75, 3.05) is 0 Å². The van der Waals surface area contributed by atoms with E-state index in [1.165, 1.54) is 0 Å². The molecule has 0 aromatic carbocycles. The SMILES string of the molecule is Cc1noc(Cn2ccc(C(N)C(C)C)c2)n1. The summed E-state index contributed by atoms with van der Waals surface area (Å²) in [6.07, 6.45) is 4.02. The van der Waals surface area contributed by atoms with E-state index in [1.807, 2.05) is 30.0 Å². The van der Waals surface area contributed by atoms with Gasteiger partial charge in [-0.15, -0.1) is 0 Å². The Kier molecular flexibility index (Phi) is 3.28. The van der Waals surface area contributed by atoms with E-state index in [-0.39, 0.29) is 6.04 Å². The lowest BCUT2D eigenvalue weighted by Gasteiger charge is -2.13. The van der Waals surface area contributed by atoms with Gasteiger partial charge in [-0.05, 0) is 24.5 Å². The second-order valence-electron chi connectivity index (χ2n) is 4.62. The largest absolute Gasteiger partial charge is 0.345 e. The number of rotatable bonds is 4. The van der Waals surface area contributed by atoms with Crippen LogP contribution >= 0.6 is 0 Å². The number of aromatic nitrogens is 3. The lowest BCUT2D eigenvalue weighted by molar-refractivity contribution is 0.367. The minimum atomic E-state index is 0.0701. The summed E-state index contributed by atoms with van der Waals surface area (Å²) >= 11 is 0. The molecule has 0 aliphatic carbocycles. The van der Waals surface area contributed by atoms with Crippen molar-refractivity contribution in [2.24, 2.45) is 11.7 Å². The van der Waals surface area contributed by atoms with Gasteiger partial charge in [-0.1, -0.05) is 19.0 Å². The molecule has 1 unspecified atom stereocenters. The zero-order valence-electron chi connectivity index (χ0n) is 10.4. The van der Waals surface area contributed by atoms with E-state index in [0.29, 0.717) is 24.2 Å². The van der Waals surface area contributed by atoms with Crippen LogP contribution < -0.4 is 5.73 Å². The highest BCUT2D eigenvalue weighted by molar-refractivity contribution is 5.16. The Bertz CT molecular complexity index is 486. The Hall–Kier alpha value is -1.62. The van der Waals surface area contributed by atoms with Gasteiger partial charge in [0.25, 0.3) is 0 Å². The van der Waals surface area contributed by atoms with Gasteiger partial charge in [0.05, 0.1) is 0 Å². The number of nitrogens with zero attached hydrogens (tertiary/aromatic N) is 3. The summed E-state index contributed by atoms with van der Waals surface area (Å²) in [5.74, 6) is 1.70. The highest BCUT2D eigenvalue weighted by Gasteiger charge is 2.12. The smallest absolute Gasteiger partial charge is 0.246 e. The molecule has 0 spiro atoms. The van der Waals surface area contributed by atoms with Crippen LogP contribution in [0.25, 0.3) is 0 Å². The van der Waals surface area contributed by atoms with Gasteiger partial charge in [0, 0.05) is 18.4 Å². The monoisotopic (exact) mass is 234 g/mol. The third-order valence-electron chi connectivity index (χ3n) is 2.76. The topological polar surface area (TPSA) is 69.9 Å². The maximum atomic E-state index is 6.08. The number of hydrogen-bond donors (Lipinski definition) is 1. The molecule has 0 saturated heterocycles. The summed E-state index contributed by atoms with van der Waals surface area (Å²) in [5, 5.41) is 3.76. The van der Waals surface area contributed by atoms with Crippen LogP contribution in [-0.2, 0) is 6.54 Å². The first kappa shape index (κ1) is 11.9. The van der Waals surface area contributed by atoms with Crippen molar-refractivity contribution in [3.8, 4) is 0 Å². The summed E-state index contributed by atoms with van der Waals surface area (Å²) in [6, 6.07) is 2.11. The van der Waals surface area contributed by atoms with Gasteiger partial charge < -0.3 is 14.8 Å². The second kappa shape index (κ2) is 4.71. The Morgan fingerprint density at radius 2 is 2.24 bits per heavy atom. The van der Waals surface area contributed by atoms with Crippen molar-refractivity contribution >= 4 is 0 Å². The second-order valence-corrected chi connectivity index (χ2v) is 4.62. The molecule has 0 fully saturated rings. The highest BCUT2D eigenvalue weighted by Crippen LogP contribution is 2.19. The maximum Gasteiger partial charge on any atom is 0.246 e. The Morgan fingerprint density at radius 3 is 2.82 bits per heavy atom. The molecule has 2 N–H and O–H groups in total. The zero-order chi connectivity index (χ0) is 12.4. The molecule has 2 aromatic heterocycles. The molecule has 17 heavy (non-hydrogen) atoms. The Balaban J connectivity index is 2.08. The minimum Gasteiger partial charge on any atom is -0.345 e. The third kappa shape index (κ3) is 2.74. The van der Waals surface area contributed by atoms with Gasteiger partial charge in [0.15, 0.2) is 5.82 Å². The number of nitrogens with two attached hydrogens (primary N) is 1. The predicted octanol–water partition coefficient (Wildman–Crippen LogP) is 1.88. The van der Waals surface area contributed by atoms with E-state index in [0.717, 1.165) is 5.56 Å². The van der Waals surface area contributed by atoms with Crippen LogP contribution in [0, 0.1) is 12.8 Å². The maximum absolute atomic E-state index is 6.08. The van der Waals surface area contributed by atoms with E-state index in [9.17, 15) is 0 Å². The molecular weight excluding hydrogens is 216 g/mol. The molecule has 2 heterocycles.